The molecule has 1 aliphatic heterocycles. The first-order valence-corrected chi connectivity index (χ1v) is 7.56. The molecule has 0 spiro atoms. The first-order valence-electron chi connectivity index (χ1n) is 7.56. The predicted octanol–water partition coefficient (Wildman–Crippen LogP) is 1.71. The first-order chi connectivity index (χ1) is 10.6. The lowest BCUT2D eigenvalue weighted by molar-refractivity contribution is 0.194. The number of rotatable bonds is 4. The van der Waals surface area contributed by atoms with E-state index in [1.165, 1.54) is 6.42 Å². The lowest BCUT2D eigenvalue weighted by atomic mass is 9.81. The number of nitrogens with one attached hydrogen (secondary N) is 3. The second-order valence-corrected chi connectivity index (χ2v) is 5.54. The molecule has 1 atom stereocenters. The lowest BCUT2D eigenvalue weighted by Crippen LogP contribution is -2.40. The van der Waals surface area contributed by atoms with Crippen LogP contribution in [0.2, 0.25) is 0 Å². The minimum atomic E-state index is -1.07. The highest BCUT2D eigenvalue weighted by molar-refractivity contribution is 5.93. The van der Waals surface area contributed by atoms with Crippen molar-refractivity contribution < 1.29 is 19.8 Å². The number of hydrogen-bond acceptors (Lipinski definition) is 4. The minimum absolute atomic E-state index is 0.0963. The van der Waals surface area contributed by atoms with Crippen molar-refractivity contribution in [1.29, 1.82) is 0 Å². The van der Waals surface area contributed by atoms with Crippen LogP contribution in [0.3, 0.4) is 0 Å². The molecule has 122 valence electrons. The lowest BCUT2D eigenvalue weighted by Gasteiger charge is -2.31. The summed E-state index contributed by atoms with van der Waals surface area (Å²) in [5.41, 5.74) is 5.64. The summed E-state index contributed by atoms with van der Waals surface area (Å²) >= 11 is 0. The molecule has 0 aromatic carbocycles. The number of amides is 2. The van der Waals surface area contributed by atoms with Crippen molar-refractivity contribution in [3.63, 3.8) is 0 Å². The van der Waals surface area contributed by atoms with Gasteiger partial charge in [0, 0.05) is 5.92 Å². The summed E-state index contributed by atoms with van der Waals surface area (Å²) in [6.07, 6.45) is 4.13. The van der Waals surface area contributed by atoms with Crippen molar-refractivity contribution in [2.75, 3.05) is 13.1 Å². The van der Waals surface area contributed by atoms with E-state index < -0.39 is 12.2 Å². The third-order valence-electron chi connectivity index (χ3n) is 4.07. The number of carbonyl (C=O) groups is 2. The number of hydrazone groups is 1. The zero-order valence-corrected chi connectivity index (χ0v) is 12.4. The second kappa shape index (κ2) is 7.67. The zero-order valence-electron chi connectivity index (χ0n) is 12.4. The van der Waals surface area contributed by atoms with Crippen LogP contribution < -0.4 is 16.1 Å². The van der Waals surface area contributed by atoms with E-state index in [4.69, 9.17) is 10.2 Å². The van der Waals surface area contributed by atoms with E-state index in [1.807, 2.05) is 0 Å². The van der Waals surface area contributed by atoms with Crippen LogP contribution in [0.4, 0.5) is 9.59 Å². The van der Waals surface area contributed by atoms with E-state index in [-0.39, 0.29) is 19.0 Å². The average molecular weight is 310 g/mol. The van der Waals surface area contributed by atoms with Crippen LogP contribution in [0.5, 0.6) is 0 Å². The molecular formula is C14H22N4O4. The third kappa shape index (κ3) is 4.37. The van der Waals surface area contributed by atoms with Gasteiger partial charge in [0.25, 0.3) is 0 Å². The van der Waals surface area contributed by atoms with Gasteiger partial charge in [-0.15, -0.1) is 0 Å². The second-order valence-electron chi connectivity index (χ2n) is 5.54. The van der Waals surface area contributed by atoms with Crippen molar-refractivity contribution in [2.45, 2.75) is 38.5 Å². The molecule has 1 heterocycles. The van der Waals surface area contributed by atoms with Crippen LogP contribution in [-0.4, -0.2) is 41.2 Å². The van der Waals surface area contributed by atoms with Crippen molar-refractivity contribution in [3.8, 4) is 0 Å². The van der Waals surface area contributed by atoms with E-state index in [0.717, 1.165) is 49.1 Å². The van der Waals surface area contributed by atoms with Crippen LogP contribution in [0.25, 0.3) is 0 Å². The van der Waals surface area contributed by atoms with Gasteiger partial charge in [0.1, 0.15) is 0 Å². The van der Waals surface area contributed by atoms with Gasteiger partial charge < -0.3 is 20.8 Å². The highest BCUT2D eigenvalue weighted by Crippen LogP contribution is 2.32. The Morgan fingerprint density at radius 2 is 1.77 bits per heavy atom. The van der Waals surface area contributed by atoms with Crippen LogP contribution in [0, 0.1) is 5.92 Å². The van der Waals surface area contributed by atoms with Gasteiger partial charge in [0.2, 0.25) is 0 Å². The monoisotopic (exact) mass is 310 g/mol. The van der Waals surface area contributed by atoms with Crippen LogP contribution >= 0.6 is 0 Å². The number of allylic oxidation sites excluding steroid dienone is 1. The minimum Gasteiger partial charge on any atom is -0.465 e. The van der Waals surface area contributed by atoms with Crippen LogP contribution in [-0.2, 0) is 0 Å². The molecule has 1 fully saturated rings. The molecule has 0 aromatic heterocycles. The fraction of sp³-hybridized carbons (Fsp3) is 0.643. The highest BCUT2D eigenvalue weighted by atomic mass is 16.4. The quantitative estimate of drug-likeness (QED) is 0.541. The molecule has 0 aromatic rings. The topological polar surface area (TPSA) is 123 Å². The number of nitrogens with zero attached hydrogens (tertiary/aromatic N) is 1. The number of carboxylic acid groups (broad SMARTS) is 2. The van der Waals surface area contributed by atoms with Gasteiger partial charge in [-0.2, -0.15) is 5.10 Å². The highest BCUT2D eigenvalue weighted by Gasteiger charge is 2.28. The van der Waals surface area contributed by atoms with E-state index in [1.54, 1.807) is 0 Å². The summed E-state index contributed by atoms with van der Waals surface area (Å²) in [6, 6.07) is 0. The molecule has 2 aliphatic rings. The molecule has 8 heteroatoms. The van der Waals surface area contributed by atoms with E-state index in [0.29, 0.717) is 0 Å². The first kappa shape index (κ1) is 16.1. The largest absolute Gasteiger partial charge is 0.465 e. The Balaban J connectivity index is 2.15. The number of hydrogen-bond donors (Lipinski definition) is 5. The van der Waals surface area contributed by atoms with Gasteiger partial charge in [0.15, 0.2) is 0 Å². The van der Waals surface area contributed by atoms with Gasteiger partial charge >= 0.3 is 12.2 Å². The SMILES string of the molecule is O=C(O)NCC1=NNC(CNC(=O)O)=C2CCCCCCC12. The molecule has 0 radical (unpaired) electrons. The third-order valence-corrected chi connectivity index (χ3v) is 4.07. The van der Waals surface area contributed by atoms with Crippen molar-refractivity contribution in [3.05, 3.63) is 11.3 Å². The molecule has 22 heavy (non-hydrogen) atoms. The number of fused-ring (bicyclic) bond motifs is 1. The predicted molar refractivity (Wildman–Crippen MR) is 80.8 cm³/mol. The molecule has 1 aliphatic carbocycles. The summed E-state index contributed by atoms with van der Waals surface area (Å²) < 4.78 is 0. The van der Waals surface area contributed by atoms with Gasteiger partial charge in [-0.3, -0.25) is 5.43 Å². The van der Waals surface area contributed by atoms with Gasteiger partial charge in [-0.05, 0) is 24.8 Å². The van der Waals surface area contributed by atoms with E-state index >= 15 is 0 Å². The maximum Gasteiger partial charge on any atom is 0.404 e. The maximum atomic E-state index is 10.7. The Morgan fingerprint density at radius 1 is 1.09 bits per heavy atom. The Hall–Kier alpha value is -2.25. The van der Waals surface area contributed by atoms with Gasteiger partial charge in [0.05, 0.1) is 24.5 Å². The van der Waals surface area contributed by atoms with Crippen molar-refractivity contribution in [1.82, 2.24) is 16.1 Å². The molecule has 2 amide bonds. The smallest absolute Gasteiger partial charge is 0.404 e. The van der Waals surface area contributed by atoms with Crippen LogP contribution in [0.1, 0.15) is 38.5 Å². The molecule has 1 unspecified atom stereocenters. The summed E-state index contributed by atoms with van der Waals surface area (Å²) in [7, 11) is 0. The molecule has 2 rings (SSSR count). The Kier molecular flexibility index (Phi) is 5.62. The van der Waals surface area contributed by atoms with Crippen LogP contribution in [0.15, 0.2) is 16.4 Å². The summed E-state index contributed by atoms with van der Waals surface area (Å²) in [5, 5.41) is 26.5. The molecule has 1 saturated carbocycles. The molecule has 0 bridgehead atoms. The summed E-state index contributed by atoms with van der Waals surface area (Å²) in [6.45, 7) is 0.389. The standard InChI is InChI=1S/C14H22N4O4/c19-13(20)15-7-11-9-5-3-1-2-4-6-10(9)12(18-17-11)8-16-14(21)22/h9,15-16,18H,1-8H2,(H,19,20)(H,21,22). The fourth-order valence-corrected chi connectivity index (χ4v) is 3.03. The Labute approximate surface area is 128 Å². The molecular weight excluding hydrogens is 288 g/mol. The molecule has 8 nitrogen and oxygen atoms in total. The normalized spacial score (nSPS) is 21.6. The summed E-state index contributed by atoms with van der Waals surface area (Å²) in [5.74, 6) is 0.0963. The van der Waals surface area contributed by atoms with Crippen molar-refractivity contribution in [2.24, 2.45) is 11.0 Å². The van der Waals surface area contributed by atoms with Crippen molar-refractivity contribution >= 4 is 17.9 Å². The zero-order chi connectivity index (χ0) is 15.9. The fourth-order valence-electron chi connectivity index (χ4n) is 3.03. The Bertz CT molecular complexity index is 501. The Morgan fingerprint density at radius 3 is 2.50 bits per heavy atom. The summed E-state index contributed by atoms with van der Waals surface area (Å²) in [4.78, 5) is 21.4. The maximum absolute atomic E-state index is 10.7. The van der Waals surface area contributed by atoms with E-state index in [2.05, 4.69) is 21.2 Å². The van der Waals surface area contributed by atoms with E-state index in [9.17, 15) is 9.59 Å². The molecule has 5 N–H and O–H groups in total. The average Bonchev–Trinajstić information content (AvgIpc) is 2.43. The molecule has 0 saturated heterocycles. The van der Waals surface area contributed by atoms with Gasteiger partial charge in [-0.25, -0.2) is 9.59 Å². The van der Waals surface area contributed by atoms with Gasteiger partial charge in [-0.1, -0.05) is 19.3 Å².